The smallest absolute Gasteiger partial charge is 0.0547 e. The first-order valence-electron chi connectivity index (χ1n) is 20.0. The maximum absolute atomic E-state index is 2.45. The van der Waals surface area contributed by atoms with Crippen LogP contribution in [0.15, 0.2) is 218 Å². The first kappa shape index (κ1) is 32.6. The average Bonchev–Trinajstić information content (AvgIpc) is 3.80. The van der Waals surface area contributed by atoms with Crippen LogP contribution in [0.1, 0.15) is 0 Å². The molecule has 12 rings (SSSR count). The molecule has 0 saturated heterocycles. The van der Waals surface area contributed by atoms with Crippen LogP contribution in [-0.2, 0) is 0 Å². The zero-order valence-corrected chi connectivity index (χ0v) is 31.7. The number of aromatic nitrogens is 2. The van der Waals surface area contributed by atoms with E-state index in [1.165, 1.54) is 104 Å². The van der Waals surface area contributed by atoms with Crippen molar-refractivity contribution >= 4 is 65.2 Å². The summed E-state index contributed by atoms with van der Waals surface area (Å²) >= 11 is 0. The Morgan fingerprint density at radius 1 is 0.259 bits per heavy atom. The monoisotopic (exact) mass is 736 g/mol. The summed E-state index contributed by atoms with van der Waals surface area (Å²) in [7, 11) is 0. The fourth-order valence-corrected chi connectivity index (χ4v) is 9.50. The van der Waals surface area contributed by atoms with Gasteiger partial charge in [-0.3, -0.25) is 0 Å². The number of para-hydroxylation sites is 3. The van der Waals surface area contributed by atoms with Gasteiger partial charge < -0.3 is 9.13 Å². The average molecular weight is 737 g/mol. The zero-order valence-electron chi connectivity index (χ0n) is 31.7. The Kier molecular flexibility index (Phi) is 7.26. The molecule has 12 aromatic rings. The second-order valence-corrected chi connectivity index (χ2v) is 15.3. The fourth-order valence-electron chi connectivity index (χ4n) is 9.50. The lowest BCUT2D eigenvalue weighted by Gasteiger charge is -2.15. The van der Waals surface area contributed by atoms with Gasteiger partial charge in [0.05, 0.1) is 27.8 Å². The molecule has 0 unspecified atom stereocenters. The van der Waals surface area contributed by atoms with Gasteiger partial charge in [-0.05, 0) is 104 Å². The summed E-state index contributed by atoms with van der Waals surface area (Å²) in [5.41, 5.74) is 14.4. The Morgan fingerprint density at radius 2 is 0.810 bits per heavy atom. The van der Waals surface area contributed by atoms with Crippen molar-refractivity contribution in [2.24, 2.45) is 0 Å². The molecule has 0 spiro atoms. The summed E-state index contributed by atoms with van der Waals surface area (Å²) in [5, 5.41) is 10.0. The van der Waals surface area contributed by atoms with Crippen molar-refractivity contribution in [1.82, 2.24) is 9.13 Å². The number of hydrogen-bond donors (Lipinski definition) is 0. The molecular weight excluding hydrogens is 701 g/mol. The van der Waals surface area contributed by atoms with Crippen LogP contribution < -0.4 is 0 Å². The van der Waals surface area contributed by atoms with E-state index in [0.717, 1.165) is 5.69 Å². The van der Waals surface area contributed by atoms with Crippen molar-refractivity contribution in [2.75, 3.05) is 0 Å². The number of rotatable bonds is 5. The minimum atomic E-state index is 1.15. The molecule has 0 fully saturated rings. The SMILES string of the molecule is c1ccc(-c2ccccc2-n2c3ccccc3c3ccc(-c4ccc5c(c4)c4ccccc4n5-c4cccc(-c5c6ccccc6cc6ccccc56)c4)cc32)cc1. The number of fused-ring (bicyclic) bond motifs is 8. The van der Waals surface area contributed by atoms with E-state index in [2.05, 4.69) is 228 Å². The van der Waals surface area contributed by atoms with Gasteiger partial charge in [-0.25, -0.2) is 0 Å². The minimum Gasteiger partial charge on any atom is -0.309 e. The van der Waals surface area contributed by atoms with Crippen LogP contribution in [0.4, 0.5) is 0 Å². The van der Waals surface area contributed by atoms with E-state index < -0.39 is 0 Å². The predicted molar refractivity (Wildman–Crippen MR) is 246 cm³/mol. The molecule has 0 aliphatic heterocycles. The highest BCUT2D eigenvalue weighted by atomic mass is 15.0. The molecule has 58 heavy (non-hydrogen) atoms. The molecule has 0 aliphatic rings. The van der Waals surface area contributed by atoms with Crippen molar-refractivity contribution in [3.63, 3.8) is 0 Å². The minimum absolute atomic E-state index is 1.15. The third kappa shape index (κ3) is 4.99. The molecule has 0 amide bonds. The van der Waals surface area contributed by atoms with Gasteiger partial charge in [-0.2, -0.15) is 0 Å². The fraction of sp³-hybridized carbons (Fsp3) is 0. The first-order chi connectivity index (χ1) is 28.8. The van der Waals surface area contributed by atoms with Gasteiger partial charge in [0, 0.05) is 32.8 Å². The van der Waals surface area contributed by atoms with Crippen molar-refractivity contribution in [2.45, 2.75) is 0 Å². The third-order valence-electron chi connectivity index (χ3n) is 12.1. The molecule has 270 valence electrons. The van der Waals surface area contributed by atoms with E-state index in [1.54, 1.807) is 0 Å². The van der Waals surface area contributed by atoms with Gasteiger partial charge in [0.2, 0.25) is 0 Å². The lowest BCUT2D eigenvalue weighted by Crippen LogP contribution is -1.97. The maximum atomic E-state index is 2.45. The van der Waals surface area contributed by atoms with E-state index in [4.69, 9.17) is 0 Å². The molecule has 0 saturated carbocycles. The molecule has 0 atom stereocenters. The van der Waals surface area contributed by atoms with Crippen molar-refractivity contribution < 1.29 is 0 Å². The second-order valence-electron chi connectivity index (χ2n) is 15.3. The standard InChI is InChI=1S/C56H36N2/c1-2-15-37(16-3-1)44-21-8-11-26-51(44)58-53-28-13-9-24-47(53)49-31-29-39(36-55(49)58)38-30-32-54-50(35-38)48-25-10-12-27-52(48)57(54)43-20-14-19-42(34-43)56-45-22-6-4-17-40(45)33-41-18-5-7-23-46(41)56/h1-36H. The van der Waals surface area contributed by atoms with E-state index in [9.17, 15) is 0 Å². The van der Waals surface area contributed by atoms with Crippen LogP contribution in [0.2, 0.25) is 0 Å². The summed E-state index contributed by atoms with van der Waals surface area (Å²) in [6, 6.07) is 80.0. The van der Waals surface area contributed by atoms with Gasteiger partial charge in [-0.15, -0.1) is 0 Å². The Balaban J connectivity index is 1.04. The Bertz CT molecular complexity index is 3510. The van der Waals surface area contributed by atoms with E-state index >= 15 is 0 Å². The van der Waals surface area contributed by atoms with Crippen LogP contribution in [0, 0.1) is 0 Å². The molecule has 0 bridgehead atoms. The Labute approximate surface area is 336 Å². The van der Waals surface area contributed by atoms with Crippen molar-refractivity contribution in [1.29, 1.82) is 0 Å². The normalized spacial score (nSPS) is 11.8. The van der Waals surface area contributed by atoms with Crippen molar-refractivity contribution in [3.8, 4) is 44.8 Å². The largest absolute Gasteiger partial charge is 0.309 e. The van der Waals surface area contributed by atoms with Crippen LogP contribution in [-0.4, -0.2) is 9.13 Å². The quantitative estimate of drug-likeness (QED) is 0.156. The van der Waals surface area contributed by atoms with Gasteiger partial charge in [0.15, 0.2) is 0 Å². The van der Waals surface area contributed by atoms with E-state index in [1.807, 2.05) is 0 Å². The van der Waals surface area contributed by atoms with Crippen LogP contribution >= 0.6 is 0 Å². The zero-order chi connectivity index (χ0) is 38.2. The molecule has 2 heterocycles. The highest BCUT2D eigenvalue weighted by Crippen LogP contribution is 2.41. The van der Waals surface area contributed by atoms with Crippen LogP contribution in [0.3, 0.4) is 0 Å². The molecule has 0 N–H and O–H groups in total. The summed E-state index contributed by atoms with van der Waals surface area (Å²) in [6.45, 7) is 0. The second kappa shape index (κ2) is 12.9. The Morgan fingerprint density at radius 3 is 1.59 bits per heavy atom. The molecule has 0 radical (unpaired) electrons. The van der Waals surface area contributed by atoms with Crippen LogP contribution in [0.25, 0.3) is 110 Å². The summed E-state index contributed by atoms with van der Waals surface area (Å²) in [4.78, 5) is 0. The molecule has 2 aromatic heterocycles. The Hall–Kier alpha value is -7.68. The number of nitrogens with zero attached hydrogens (tertiary/aromatic N) is 2. The number of benzene rings is 10. The topological polar surface area (TPSA) is 9.86 Å². The third-order valence-corrected chi connectivity index (χ3v) is 12.1. The molecule has 0 aliphatic carbocycles. The van der Waals surface area contributed by atoms with Gasteiger partial charge in [0.25, 0.3) is 0 Å². The summed E-state index contributed by atoms with van der Waals surface area (Å²) in [5.74, 6) is 0. The summed E-state index contributed by atoms with van der Waals surface area (Å²) < 4.78 is 4.89. The molecule has 10 aromatic carbocycles. The summed E-state index contributed by atoms with van der Waals surface area (Å²) in [6.07, 6.45) is 0. The molecule has 2 heteroatoms. The van der Waals surface area contributed by atoms with Crippen molar-refractivity contribution in [3.05, 3.63) is 218 Å². The van der Waals surface area contributed by atoms with E-state index in [0.29, 0.717) is 0 Å². The van der Waals surface area contributed by atoms with E-state index in [-0.39, 0.29) is 0 Å². The maximum Gasteiger partial charge on any atom is 0.0547 e. The van der Waals surface area contributed by atoms with Gasteiger partial charge in [-0.1, -0.05) is 164 Å². The van der Waals surface area contributed by atoms with Gasteiger partial charge in [0.1, 0.15) is 0 Å². The van der Waals surface area contributed by atoms with Crippen LogP contribution in [0.5, 0.6) is 0 Å². The lowest BCUT2D eigenvalue weighted by molar-refractivity contribution is 1.18. The molecular formula is C56H36N2. The lowest BCUT2D eigenvalue weighted by atomic mass is 9.92. The highest BCUT2D eigenvalue weighted by molar-refractivity contribution is 6.14. The number of hydrogen-bond acceptors (Lipinski definition) is 0. The highest BCUT2D eigenvalue weighted by Gasteiger charge is 2.19. The first-order valence-corrected chi connectivity index (χ1v) is 20.0. The molecule has 2 nitrogen and oxygen atoms in total. The van der Waals surface area contributed by atoms with Gasteiger partial charge >= 0.3 is 0 Å². The predicted octanol–water partition coefficient (Wildman–Crippen LogP) is 15.2.